The standard InChI is InChI=1S/C82H155NO5/c1-3-5-7-9-11-13-15-17-19-20-45-48-52-56-60-64-68-72-76-82(87)88-77-73-69-65-61-57-53-49-46-43-41-39-37-35-33-31-29-27-25-23-21-22-24-26-28-30-32-34-36-38-40-42-44-47-51-55-59-63-67-71-75-81(86)83-79(78-84)80(85)74-70-66-62-58-54-50-18-16-14-12-10-8-6-4-2/h13,15,19-22,70,74,79-80,84-85H,3-12,14,16-18,23-69,71-73,75-78H2,1-2H3,(H,83,86)/b15-13-,20-19-,22-21-,74-70+. The fourth-order valence-electron chi connectivity index (χ4n) is 12.5. The Morgan fingerprint density at radius 1 is 0.318 bits per heavy atom. The van der Waals surface area contributed by atoms with Crippen molar-refractivity contribution in [1.29, 1.82) is 0 Å². The van der Waals surface area contributed by atoms with E-state index in [2.05, 4.69) is 55.6 Å². The zero-order chi connectivity index (χ0) is 63.5. The minimum Gasteiger partial charge on any atom is -0.466 e. The van der Waals surface area contributed by atoms with Crippen LogP contribution in [0.1, 0.15) is 438 Å². The lowest BCUT2D eigenvalue weighted by Gasteiger charge is -2.20. The van der Waals surface area contributed by atoms with Gasteiger partial charge in [-0.2, -0.15) is 0 Å². The molecule has 0 rings (SSSR count). The van der Waals surface area contributed by atoms with Crippen LogP contribution in [-0.4, -0.2) is 47.4 Å². The highest BCUT2D eigenvalue weighted by Crippen LogP contribution is 2.19. The molecule has 0 aliphatic heterocycles. The predicted molar refractivity (Wildman–Crippen MR) is 389 cm³/mol. The van der Waals surface area contributed by atoms with Crippen molar-refractivity contribution < 1.29 is 24.5 Å². The molecule has 3 N–H and O–H groups in total. The van der Waals surface area contributed by atoms with Gasteiger partial charge in [-0.25, -0.2) is 0 Å². The Labute approximate surface area is 550 Å². The van der Waals surface area contributed by atoms with Gasteiger partial charge in [0.2, 0.25) is 5.91 Å². The number of unbranched alkanes of at least 4 members (excludes halogenated alkanes) is 58. The third-order valence-corrected chi connectivity index (χ3v) is 18.6. The highest BCUT2D eigenvalue weighted by Gasteiger charge is 2.18. The zero-order valence-corrected chi connectivity index (χ0v) is 59.5. The maximum Gasteiger partial charge on any atom is 0.305 e. The molecule has 1 amide bonds. The molecule has 0 aromatic rings. The van der Waals surface area contributed by atoms with E-state index < -0.39 is 12.1 Å². The lowest BCUT2D eigenvalue weighted by Crippen LogP contribution is -2.45. The van der Waals surface area contributed by atoms with Gasteiger partial charge in [-0.05, 0) is 89.9 Å². The van der Waals surface area contributed by atoms with Gasteiger partial charge in [0.25, 0.3) is 0 Å². The van der Waals surface area contributed by atoms with Gasteiger partial charge in [-0.3, -0.25) is 9.59 Å². The fourth-order valence-corrected chi connectivity index (χ4v) is 12.5. The van der Waals surface area contributed by atoms with Crippen LogP contribution in [0.4, 0.5) is 0 Å². The summed E-state index contributed by atoms with van der Waals surface area (Å²) in [6.07, 6.45) is 102. The maximum atomic E-state index is 12.5. The number of aliphatic hydroxyl groups excluding tert-OH is 2. The minimum atomic E-state index is -0.841. The largest absolute Gasteiger partial charge is 0.466 e. The number of hydrogen-bond donors (Lipinski definition) is 3. The molecule has 0 spiro atoms. The molecule has 88 heavy (non-hydrogen) atoms. The molecule has 6 nitrogen and oxygen atoms in total. The number of amides is 1. The summed E-state index contributed by atoms with van der Waals surface area (Å²) in [4.78, 5) is 24.6. The average molecular weight is 1240 g/mol. The highest BCUT2D eigenvalue weighted by atomic mass is 16.5. The van der Waals surface area contributed by atoms with Gasteiger partial charge < -0.3 is 20.3 Å². The SMILES string of the molecule is CCCCCC/C=C\C/C=C\CCCCCCCCCC(=O)OCCCCCCCCCCCCCCCCCCCC/C=C\CCCCCCCCCCCCCCCCCCCC(=O)NC(CO)C(O)/C=C/CCCCCCCCCCCCCC. The molecule has 0 aromatic carbocycles. The van der Waals surface area contributed by atoms with Crippen LogP contribution in [0.3, 0.4) is 0 Å². The third kappa shape index (κ3) is 72.9. The van der Waals surface area contributed by atoms with E-state index in [9.17, 15) is 19.8 Å². The monoisotopic (exact) mass is 1230 g/mol. The van der Waals surface area contributed by atoms with E-state index in [4.69, 9.17) is 4.74 Å². The van der Waals surface area contributed by atoms with E-state index >= 15 is 0 Å². The molecule has 2 unspecified atom stereocenters. The molecule has 518 valence electrons. The maximum absolute atomic E-state index is 12.5. The Morgan fingerprint density at radius 2 is 0.568 bits per heavy atom. The Hall–Kier alpha value is -2.18. The van der Waals surface area contributed by atoms with E-state index in [0.717, 1.165) is 51.4 Å². The van der Waals surface area contributed by atoms with E-state index in [1.165, 1.54) is 360 Å². The number of ether oxygens (including phenoxy) is 1. The fraction of sp³-hybridized carbons (Fsp3) is 0.878. The molecule has 0 fully saturated rings. The van der Waals surface area contributed by atoms with Crippen LogP contribution < -0.4 is 5.32 Å². The summed E-state index contributed by atoms with van der Waals surface area (Å²) in [6.45, 7) is 4.92. The second kappa shape index (κ2) is 77.3. The number of esters is 1. The Bertz CT molecular complexity index is 1470. The van der Waals surface area contributed by atoms with Gasteiger partial charge >= 0.3 is 5.97 Å². The third-order valence-electron chi connectivity index (χ3n) is 18.6. The van der Waals surface area contributed by atoms with Gasteiger partial charge in [0.1, 0.15) is 0 Å². The molecule has 2 atom stereocenters. The molecule has 0 saturated heterocycles. The average Bonchev–Trinajstić information content (AvgIpc) is 3.58. The highest BCUT2D eigenvalue weighted by molar-refractivity contribution is 5.76. The van der Waals surface area contributed by atoms with Crippen molar-refractivity contribution >= 4 is 11.9 Å². The lowest BCUT2D eigenvalue weighted by molar-refractivity contribution is -0.143. The lowest BCUT2D eigenvalue weighted by atomic mass is 10.0. The molecule has 0 saturated carbocycles. The second-order valence-electron chi connectivity index (χ2n) is 27.4. The molecule has 0 aliphatic carbocycles. The first-order valence-electron chi connectivity index (χ1n) is 39.9. The predicted octanol–water partition coefficient (Wildman–Crippen LogP) is 26.4. The zero-order valence-electron chi connectivity index (χ0n) is 59.5. The number of allylic oxidation sites excluding steroid dienone is 7. The van der Waals surface area contributed by atoms with Crippen LogP contribution >= 0.6 is 0 Å². The molecule has 0 aliphatic rings. The van der Waals surface area contributed by atoms with Gasteiger partial charge in [-0.15, -0.1) is 0 Å². The van der Waals surface area contributed by atoms with Crippen LogP contribution in [0.5, 0.6) is 0 Å². The van der Waals surface area contributed by atoms with E-state index in [-0.39, 0.29) is 18.5 Å². The molecule has 0 bridgehead atoms. The first-order valence-corrected chi connectivity index (χ1v) is 39.9. The summed E-state index contributed by atoms with van der Waals surface area (Å²) in [5.74, 6) is -0.0463. The summed E-state index contributed by atoms with van der Waals surface area (Å²) in [6, 6.07) is -0.624. The molecular formula is C82H155NO5. The van der Waals surface area contributed by atoms with Gasteiger partial charge in [-0.1, -0.05) is 383 Å². The second-order valence-corrected chi connectivity index (χ2v) is 27.4. The summed E-state index contributed by atoms with van der Waals surface area (Å²) in [5, 5.41) is 23.2. The number of carbonyl (C=O) groups is 2. The van der Waals surface area contributed by atoms with Crippen molar-refractivity contribution in [3.8, 4) is 0 Å². The Balaban J connectivity index is 3.32. The minimum absolute atomic E-state index is 0.0153. The number of carbonyl (C=O) groups excluding carboxylic acids is 2. The van der Waals surface area contributed by atoms with Crippen molar-refractivity contribution in [1.82, 2.24) is 5.32 Å². The topological polar surface area (TPSA) is 95.9 Å². The van der Waals surface area contributed by atoms with Crippen molar-refractivity contribution in [2.45, 2.75) is 450 Å². The van der Waals surface area contributed by atoms with Crippen molar-refractivity contribution in [3.05, 3.63) is 48.6 Å². The van der Waals surface area contributed by atoms with Gasteiger partial charge in [0, 0.05) is 12.8 Å². The molecule has 0 heterocycles. The number of nitrogens with one attached hydrogen (secondary N) is 1. The van der Waals surface area contributed by atoms with Crippen LogP contribution in [-0.2, 0) is 14.3 Å². The smallest absolute Gasteiger partial charge is 0.305 e. The first-order chi connectivity index (χ1) is 43.5. The summed E-state index contributed by atoms with van der Waals surface area (Å²) in [7, 11) is 0. The Kier molecular flexibility index (Phi) is 75.4. The normalized spacial score (nSPS) is 12.7. The number of rotatable bonds is 75. The van der Waals surface area contributed by atoms with Crippen LogP contribution in [0.2, 0.25) is 0 Å². The molecule has 0 aromatic heterocycles. The van der Waals surface area contributed by atoms with E-state index in [0.29, 0.717) is 19.4 Å². The molecule has 0 radical (unpaired) electrons. The summed E-state index contributed by atoms with van der Waals surface area (Å²) >= 11 is 0. The molecular weight excluding hydrogens is 1080 g/mol. The number of hydrogen-bond acceptors (Lipinski definition) is 5. The molecule has 6 heteroatoms. The van der Waals surface area contributed by atoms with Crippen molar-refractivity contribution in [3.63, 3.8) is 0 Å². The van der Waals surface area contributed by atoms with Crippen LogP contribution in [0.25, 0.3) is 0 Å². The van der Waals surface area contributed by atoms with Crippen molar-refractivity contribution in [2.75, 3.05) is 13.2 Å². The summed E-state index contributed by atoms with van der Waals surface area (Å²) < 4.78 is 5.51. The Morgan fingerprint density at radius 3 is 0.886 bits per heavy atom. The van der Waals surface area contributed by atoms with Crippen LogP contribution in [0, 0.1) is 0 Å². The number of aliphatic hydroxyl groups is 2. The van der Waals surface area contributed by atoms with E-state index in [1.807, 2.05) is 6.08 Å². The van der Waals surface area contributed by atoms with Gasteiger partial charge in [0.15, 0.2) is 0 Å². The van der Waals surface area contributed by atoms with E-state index in [1.54, 1.807) is 6.08 Å². The van der Waals surface area contributed by atoms with Crippen molar-refractivity contribution in [2.24, 2.45) is 0 Å². The van der Waals surface area contributed by atoms with Crippen LogP contribution in [0.15, 0.2) is 48.6 Å². The van der Waals surface area contributed by atoms with Gasteiger partial charge in [0.05, 0.1) is 25.4 Å². The summed E-state index contributed by atoms with van der Waals surface area (Å²) in [5.41, 5.74) is 0. The first kappa shape index (κ1) is 85.8. The quantitative estimate of drug-likeness (QED) is 0.0320.